The second kappa shape index (κ2) is 7.45. The van der Waals surface area contributed by atoms with Crippen LogP contribution in [0.1, 0.15) is 10.6 Å². The van der Waals surface area contributed by atoms with Gasteiger partial charge in [0.25, 0.3) is 5.69 Å². The number of hydrogen-bond donors (Lipinski definition) is 1. The summed E-state index contributed by atoms with van der Waals surface area (Å²) in [7, 11) is 0. The largest absolute Gasteiger partial charge is 0.481 e. The Morgan fingerprint density at radius 2 is 1.96 bits per heavy atom. The zero-order valence-corrected chi connectivity index (χ0v) is 14.4. The quantitative estimate of drug-likeness (QED) is 0.505. The lowest BCUT2D eigenvalue weighted by molar-refractivity contribution is -0.385. The molecule has 1 aromatic heterocycles. The van der Waals surface area contributed by atoms with Gasteiger partial charge in [-0.25, -0.2) is 4.98 Å². The topological polar surface area (TPSA) is 93.3 Å². The lowest BCUT2D eigenvalue weighted by Gasteiger charge is -2.03. The normalized spacial score (nSPS) is 11.6. The number of nitrogens with zero attached hydrogens (tertiary/aromatic N) is 2. The van der Waals surface area contributed by atoms with Crippen molar-refractivity contribution in [3.63, 3.8) is 0 Å². The third-order valence-electron chi connectivity index (χ3n) is 3.28. The Morgan fingerprint density at radius 1 is 1.24 bits per heavy atom. The van der Waals surface area contributed by atoms with Crippen molar-refractivity contribution in [2.75, 3.05) is 5.75 Å². The molecule has 3 aromatic rings. The molecule has 0 spiro atoms. The molecule has 0 atom stereocenters. The van der Waals surface area contributed by atoms with Gasteiger partial charge in [0, 0.05) is 11.0 Å². The summed E-state index contributed by atoms with van der Waals surface area (Å²) < 4.78 is 0.974. The van der Waals surface area contributed by atoms with Crippen molar-refractivity contribution < 1.29 is 14.8 Å². The lowest BCUT2D eigenvalue weighted by atomic mass is 10.1. The van der Waals surface area contributed by atoms with Crippen LogP contribution in [0.5, 0.6) is 0 Å². The number of aromatic nitrogens is 1. The van der Waals surface area contributed by atoms with E-state index in [0.717, 1.165) is 22.0 Å². The summed E-state index contributed by atoms with van der Waals surface area (Å²) in [4.78, 5) is 26.8. The summed E-state index contributed by atoms with van der Waals surface area (Å²) in [6.07, 6.45) is 1.63. The number of hydrogen-bond acceptors (Lipinski definition) is 6. The van der Waals surface area contributed by atoms with Crippen molar-refractivity contribution in [2.24, 2.45) is 0 Å². The first-order valence-corrected chi connectivity index (χ1v) is 9.00. The molecule has 6 nitrogen and oxygen atoms in total. The van der Waals surface area contributed by atoms with Crippen LogP contribution in [-0.4, -0.2) is 26.7 Å². The molecule has 3 rings (SSSR count). The molecule has 8 heteroatoms. The highest BCUT2D eigenvalue weighted by atomic mass is 32.2. The third-order valence-corrected chi connectivity index (χ3v) is 5.49. The van der Waals surface area contributed by atoms with Crippen LogP contribution >= 0.6 is 23.1 Å². The van der Waals surface area contributed by atoms with Crippen LogP contribution < -0.4 is 0 Å². The molecule has 0 aliphatic carbocycles. The summed E-state index contributed by atoms with van der Waals surface area (Å²) in [6.45, 7) is 0. The van der Waals surface area contributed by atoms with Crippen molar-refractivity contribution in [1.29, 1.82) is 0 Å². The number of benzene rings is 2. The average Bonchev–Trinajstić information content (AvgIpc) is 3.02. The molecule has 126 valence electrons. The summed E-state index contributed by atoms with van der Waals surface area (Å²) >= 11 is 2.53. The second-order valence-electron chi connectivity index (χ2n) is 4.99. The molecular weight excluding hydrogens is 360 g/mol. The van der Waals surface area contributed by atoms with Crippen LogP contribution in [0.25, 0.3) is 21.2 Å². The molecule has 0 aliphatic heterocycles. The summed E-state index contributed by atoms with van der Waals surface area (Å²) in [6, 6.07) is 13.9. The van der Waals surface area contributed by atoms with E-state index in [9.17, 15) is 14.9 Å². The Hall–Kier alpha value is -2.71. The number of fused-ring (bicyclic) bond motifs is 1. The monoisotopic (exact) mass is 372 g/mol. The molecule has 2 aromatic carbocycles. The van der Waals surface area contributed by atoms with E-state index in [1.807, 2.05) is 24.3 Å². The zero-order valence-electron chi connectivity index (χ0n) is 12.8. The van der Waals surface area contributed by atoms with Gasteiger partial charge in [-0.1, -0.05) is 24.3 Å². The van der Waals surface area contributed by atoms with E-state index in [4.69, 9.17) is 5.11 Å². The number of nitro groups is 1. The van der Waals surface area contributed by atoms with Gasteiger partial charge in [0.1, 0.15) is 5.01 Å². The van der Waals surface area contributed by atoms with Crippen molar-refractivity contribution in [3.8, 4) is 0 Å². The lowest BCUT2D eigenvalue weighted by Crippen LogP contribution is -1.98. The van der Waals surface area contributed by atoms with Crippen LogP contribution in [0.3, 0.4) is 0 Å². The molecule has 0 radical (unpaired) electrons. The van der Waals surface area contributed by atoms with Gasteiger partial charge in [0.2, 0.25) is 0 Å². The van der Waals surface area contributed by atoms with Crippen molar-refractivity contribution in [3.05, 3.63) is 69.2 Å². The Labute approximate surface area is 151 Å². The van der Waals surface area contributed by atoms with E-state index in [1.54, 1.807) is 24.3 Å². The fraction of sp³-hybridized carbons (Fsp3) is 0.0588. The number of aliphatic carboxylic acids is 1. The molecule has 0 fully saturated rings. The van der Waals surface area contributed by atoms with Gasteiger partial charge in [0.15, 0.2) is 0 Å². The molecule has 0 saturated heterocycles. The SMILES string of the molecule is O=C(O)CS/C(=C\c1ccccc1[N+](=O)[O-])c1nc2ccccc2s1. The summed E-state index contributed by atoms with van der Waals surface area (Å²) in [5, 5.41) is 20.8. The van der Waals surface area contributed by atoms with Gasteiger partial charge in [0.05, 0.1) is 26.5 Å². The highest BCUT2D eigenvalue weighted by molar-refractivity contribution is 8.09. The van der Waals surface area contributed by atoms with Crippen molar-refractivity contribution in [2.45, 2.75) is 0 Å². The zero-order chi connectivity index (χ0) is 17.8. The fourth-order valence-electron chi connectivity index (χ4n) is 2.20. The Kier molecular flexibility index (Phi) is 5.11. The number of rotatable bonds is 6. The van der Waals surface area contributed by atoms with Crippen LogP contribution in [-0.2, 0) is 4.79 Å². The fourth-order valence-corrected chi connectivity index (χ4v) is 4.04. The van der Waals surface area contributed by atoms with E-state index in [-0.39, 0.29) is 11.4 Å². The molecule has 0 unspecified atom stereocenters. The highest BCUT2D eigenvalue weighted by Crippen LogP contribution is 2.36. The minimum absolute atomic E-state index is 0.0305. The Balaban J connectivity index is 2.08. The van der Waals surface area contributed by atoms with Gasteiger partial charge >= 0.3 is 5.97 Å². The minimum Gasteiger partial charge on any atom is -0.481 e. The molecule has 1 heterocycles. The molecule has 25 heavy (non-hydrogen) atoms. The van der Waals surface area contributed by atoms with E-state index in [0.29, 0.717) is 15.5 Å². The molecule has 0 aliphatic rings. The van der Waals surface area contributed by atoms with E-state index in [1.165, 1.54) is 17.4 Å². The van der Waals surface area contributed by atoms with E-state index >= 15 is 0 Å². The van der Waals surface area contributed by atoms with Gasteiger partial charge in [-0.15, -0.1) is 23.1 Å². The number of para-hydroxylation sites is 2. The number of carboxylic acid groups (broad SMARTS) is 1. The maximum absolute atomic E-state index is 11.2. The number of thiazole rings is 1. The van der Waals surface area contributed by atoms with Crippen LogP contribution in [0.4, 0.5) is 5.69 Å². The highest BCUT2D eigenvalue weighted by Gasteiger charge is 2.15. The molecule has 0 saturated carbocycles. The standard InChI is InChI=1S/C17H12N2O4S2/c20-16(21)10-24-15(9-11-5-1-3-7-13(11)19(22)23)17-18-12-6-2-4-8-14(12)25-17/h1-9H,10H2,(H,20,21)/b15-9-. The van der Waals surface area contributed by atoms with Gasteiger partial charge in [-0.2, -0.15) is 0 Å². The van der Waals surface area contributed by atoms with E-state index < -0.39 is 10.9 Å². The Morgan fingerprint density at radius 3 is 2.68 bits per heavy atom. The summed E-state index contributed by atoms with van der Waals surface area (Å²) in [5.74, 6) is -1.11. The number of carboxylic acids is 1. The van der Waals surface area contributed by atoms with Crippen LogP contribution in [0, 0.1) is 10.1 Å². The first kappa shape index (κ1) is 17.1. The second-order valence-corrected chi connectivity index (χ2v) is 7.04. The van der Waals surface area contributed by atoms with Gasteiger partial charge < -0.3 is 5.11 Å². The van der Waals surface area contributed by atoms with Gasteiger partial charge in [-0.05, 0) is 24.3 Å². The number of nitro benzene ring substituents is 1. The van der Waals surface area contributed by atoms with Crippen LogP contribution in [0.2, 0.25) is 0 Å². The number of carbonyl (C=O) groups is 1. The number of thioether (sulfide) groups is 1. The molecule has 1 N–H and O–H groups in total. The molecular formula is C17H12N2O4S2. The summed E-state index contributed by atoms with van der Waals surface area (Å²) in [5.41, 5.74) is 1.20. The van der Waals surface area contributed by atoms with Gasteiger partial charge in [-0.3, -0.25) is 14.9 Å². The molecule has 0 amide bonds. The maximum Gasteiger partial charge on any atom is 0.313 e. The third kappa shape index (κ3) is 4.04. The van der Waals surface area contributed by atoms with Crippen molar-refractivity contribution >= 4 is 56.0 Å². The molecule has 0 bridgehead atoms. The van der Waals surface area contributed by atoms with E-state index in [2.05, 4.69) is 4.98 Å². The minimum atomic E-state index is -0.959. The first-order valence-electron chi connectivity index (χ1n) is 7.20. The smallest absolute Gasteiger partial charge is 0.313 e. The first-order chi connectivity index (χ1) is 12.0. The maximum atomic E-state index is 11.2. The van der Waals surface area contributed by atoms with Crippen molar-refractivity contribution in [1.82, 2.24) is 4.98 Å². The average molecular weight is 372 g/mol. The Bertz CT molecular complexity index is 948. The predicted octanol–water partition coefficient (Wildman–Crippen LogP) is 4.52. The predicted molar refractivity (Wildman–Crippen MR) is 101 cm³/mol. The van der Waals surface area contributed by atoms with Crippen LogP contribution in [0.15, 0.2) is 48.5 Å².